The molecule has 0 saturated carbocycles. The van der Waals surface area contributed by atoms with E-state index >= 15 is 0 Å². The highest BCUT2D eigenvalue weighted by Crippen LogP contribution is 2.26. The van der Waals surface area contributed by atoms with Crippen LogP contribution in [0.15, 0.2) is 54.9 Å². The predicted molar refractivity (Wildman–Crippen MR) is 114 cm³/mol. The Morgan fingerprint density at radius 3 is 2.87 bits per heavy atom. The first kappa shape index (κ1) is 18.6. The summed E-state index contributed by atoms with van der Waals surface area (Å²) in [5.74, 6) is -0.774. The van der Waals surface area contributed by atoms with Crippen LogP contribution in [0, 0.1) is 5.82 Å². The molecule has 5 nitrogen and oxygen atoms in total. The van der Waals surface area contributed by atoms with Crippen LogP contribution in [-0.4, -0.2) is 25.6 Å². The van der Waals surface area contributed by atoms with Crippen LogP contribution in [0.1, 0.15) is 52.6 Å². The van der Waals surface area contributed by atoms with Crippen LogP contribution in [0.2, 0.25) is 0 Å². The van der Waals surface area contributed by atoms with Crippen molar-refractivity contribution >= 4 is 16.8 Å². The molecule has 0 radical (unpaired) electrons. The van der Waals surface area contributed by atoms with E-state index in [2.05, 4.69) is 30.0 Å². The summed E-state index contributed by atoms with van der Waals surface area (Å²) in [6.45, 7) is 5.02. The van der Waals surface area contributed by atoms with Crippen molar-refractivity contribution in [2.75, 3.05) is 0 Å². The number of nitrogens with one attached hydrogen (secondary N) is 1. The van der Waals surface area contributed by atoms with E-state index in [0.29, 0.717) is 19.5 Å². The Morgan fingerprint density at radius 1 is 1.20 bits per heavy atom. The third-order valence-electron chi connectivity index (χ3n) is 5.75. The lowest BCUT2D eigenvalue weighted by molar-refractivity contribution is 0.0744. The average Bonchev–Trinajstić information content (AvgIpc) is 3.43. The van der Waals surface area contributed by atoms with Crippen molar-refractivity contribution in [2.24, 2.45) is 0 Å². The topological polar surface area (TPSA) is 53.9 Å². The lowest BCUT2D eigenvalue weighted by atomic mass is 9.99. The molecule has 1 amide bonds. The third kappa shape index (κ3) is 3.18. The molecule has 6 heteroatoms. The molecule has 1 aliphatic rings. The number of aromatic nitrogens is 3. The first-order valence-electron chi connectivity index (χ1n) is 10.2. The number of aromatic amines is 1. The number of rotatable bonds is 4. The average molecular weight is 402 g/mol. The van der Waals surface area contributed by atoms with Crippen LogP contribution in [0.4, 0.5) is 4.39 Å². The van der Waals surface area contributed by atoms with Gasteiger partial charge in [-0.15, -0.1) is 0 Å². The molecule has 1 aliphatic heterocycles. The van der Waals surface area contributed by atoms with E-state index in [4.69, 9.17) is 0 Å². The van der Waals surface area contributed by atoms with E-state index < -0.39 is 5.82 Å². The minimum atomic E-state index is -0.486. The number of carbonyl (C=O) groups is 1. The maximum atomic E-state index is 14.6. The molecule has 5 rings (SSSR count). The van der Waals surface area contributed by atoms with Crippen molar-refractivity contribution in [2.45, 2.75) is 39.4 Å². The van der Waals surface area contributed by atoms with Gasteiger partial charge >= 0.3 is 0 Å². The van der Waals surface area contributed by atoms with Gasteiger partial charge in [0, 0.05) is 41.4 Å². The molecule has 0 unspecified atom stereocenters. The van der Waals surface area contributed by atoms with Gasteiger partial charge < -0.3 is 9.88 Å². The molecule has 0 spiro atoms. The van der Waals surface area contributed by atoms with Gasteiger partial charge in [-0.2, -0.15) is 5.10 Å². The summed E-state index contributed by atoms with van der Waals surface area (Å²) in [7, 11) is 0. The maximum Gasteiger partial charge on any atom is 0.257 e. The maximum absolute atomic E-state index is 14.6. The van der Waals surface area contributed by atoms with E-state index in [9.17, 15) is 9.18 Å². The summed E-state index contributed by atoms with van der Waals surface area (Å²) < 4.78 is 16.5. The first-order valence-corrected chi connectivity index (χ1v) is 10.2. The number of halogens is 1. The standard InChI is InChI=1S/C24H23FN4O/c1-15(2)29-13-18-12-28(14-23(18)27-29)24(30)20-11-16(6-7-21(20)25)10-17-4-3-5-22-19(17)8-9-26-22/h3-9,11,13,15,26H,10,12,14H2,1-2H3. The molecule has 2 aromatic heterocycles. The number of amides is 1. The van der Waals surface area contributed by atoms with Gasteiger partial charge in [0.1, 0.15) is 5.82 Å². The van der Waals surface area contributed by atoms with E-state index in [1.54, 1.807) is 17.0 Å². The Labute approximate surface area is 174 Å². The van der Waals surface area contributed by atoms with Crippen LogP contribution in [0.3, 0.4) is 0 Å². The van der Waals surface area contributed by atoms with Gasteiger partial charge in [-0.05, 0) is 55.7 Å². The molecule has 0 bridgehead atoms. The van der Waals surface area contributed by atoms with Crippen LogP contribution < -0.4 is 0 Å². The molecule has 0 saturated heterocycles. The monoisotopic (exact) mass is 402 g/mol. The molecule has 2 aromatic carbocycles. The van der Waals surface area contributed by atoms with Crippen LogP contribution >= 0.6 is 0 Å². The van der Waals surface area contributed by atoms with Crippen LogP contribution in [0.5, 0.6) is 0 Å². The van der Waals surface area contributed by atoms with Crippen molar-refractivity contribution in [1.82, 2.24) is 19.7 Å². The first-order chi connectivity index (χ1) is 14.5. The lowest BCUT2D eigenvalue weighted by Gasteiger charge is -2.17. The van der Waals surface area contributed by atoms with Crippen molar-refractivity contribution in [1.29, 1.82) is 0 Å². The third-order valence-corrected chi connectivity index (χ3v) is 5.75. The lowest BCUT2D eigenvalue weighted by Crippen LogP contribution is -2.27. The second-order valence-electron chi connectivity index (χ2n) is 8.18. The zero-order valence-electron chi connectivity index (χ0n) is 17.0. The van der Waals surface area contributed by atoms with Gasteiger partial charge in [-0.1, -0.05) is 18.2 Å². The SMILES string of the molecule is CC(C)n1cc2c(n1)CN(C(=O)c1cc(Cc3cccc4[nH]ccc34)ccc1F)C2. The molecule has 4 aromatic rings. The molecule has 0 atom stereocenters. The Balaban J connectivity index is 1.39. The summed E-state index contributed by atoms with van der Waals surface area (Å²) in [6, 6.07) is 13.2. The Bertz CT molecular complexity index is 1230. The number of benzene rings is 2. The number of carbonyl (C=O) groups excluding carboxylic acids is 1. The fourth-order valence-electron chi connectivity index (χ4n) is 4.12. The second-order valence-corrected chi connectivity index (χ2v) is 8.18. The second kappa shape index (κ2) is 7.13. The van der Waals surface area contributed by atoms with Gasteiger partial charge in [0.15, 0.2) is 0 Å². The molecule has 30 heavy (non-hydrogen) atoms. The Kier molecular flexibility index (Phi) is 4.42. The molecule has 0 fully saturated rings. The van der Waals surface area contributed by atoms with Crippen molar-refractivity contribution in [3.05, 3.63) is 88.6 Å². The van der Waals surface area contributed by atoms with Crippen molar-refractivity contribution in [3.8, 4) is 0 Å². The van der Waals surface area contributed by atoms with Crippen LogP contribution in [0.25, 0.3) is 10.9 Å². The summed E-state index contributed by atoms with van der Waals surface area (Å²) >= 11 is 0. The molecule has 1 N–H and O–H groups in total. The zero-order chi connectivity index (χ0) is 20.8. The summed E-state index contributed by atoms with van der Waals surface area (Å²) in [4.78, 5) is 17.9. The van der Waals surface area contributed by atoms with Gasteiger partial charge in [0.25, 0.3) is 5.91 Å². The zero-order valence-corrected chi connectivity index (χ0v) is 17.0. The molecular formula is C24H23FN4O. The van der Waals surface area contributed by atoms with Gasteiger partial charge in [-0.3, -0.25) is 9.48 Å². The van der Waals surface area contributed by atoms with E-state index in [1.807, 2.05) is 35.3 Å². The fraction of sp³-hybridized carbons (Fsp3) is 0.250. The normalized spacial score (nSPS) is 13.4. The smallest absolute Gasteiger partial charge is 0.257 e. The predicted octanol–water partition coefficient (Wildman–Crippen LogP) is 4.83. The Hall–Kier alpha value is -3.41. The highest BCUT2D eigenvalue weighted by Gasteiger charge is 2.29. The Morgan fingerprint density at radius 2 is 2.07 bits per heavy atom. The summed E-state index contributed by atoms with van der Waals surface area (Å²) in [6.07, 6.45) is 4.53. The van der Waals surface area contributed by atoms with E-state index in [-0.39, 0.29) is 17.5 Å². The van der Waals surface area contributed by atoms with Gasteiger partial charge in [-0.25, -0.2) is 4.39 Å². The summed E-state index contributed by atoms with van der Waals surface area (Å²) in [5, 5.41) is 5.70. The van der Waals surface area contributed by atoms with Gasteiger partial charge in [0.05, 0.1) is 17.8 Å². The number of fused-ring (bicyclic) bond motifs is 2. The quantitative estimate of drug-likeness (QED) is 0.532. The largest absolute Gasteiger partial charge is 0.361 e. The van der Waals surface area contributed by atoms with E-state index in [1.165, 1.54) is 6.07 Å². The highest BCUT2D eigenvalue weighted by atomic mass is 19.1. The fourth-order valence-corrected chi connectivity index (χ4v) is 4.12. The highest BCUT2D eigenvalue weighted by molar-refractivity contribution is 5.95. The molecule has 0 aliphatic carbocycles. The van der Waals surface area contributed by atoms with E-state index in [0.717, 1.165) is 33.3 Å². The minimum absolute atomic E-state index is 0.121. The number of hydrogen-bond acceptors (Lipinski definition) is 2. The number of H-pyrrole nitrogens is 1. The van der Waals surface area contributed by atoms with Gasteiger partial charge in [0.2, 0.25) is 0 Å². The molecule has 152 valence electrons. The van der Waals surface area contributed by atoms with Crippen LogP contribution in [-0.2, 0) is 19.5 Å². The molecule has 3 heterocycles. The summed E-state index contributed by atoms with van der Waals surface area (Å²) in [5.41, 5.74) is 5.17. The molecular weight excluding hydrogens is 379 g/mol. The number of hydrogen-bond donors (Lipinski definition) is 1. The van der Waals surface area contributed by atoms with Crippen molar-refractivity contribution < 1.29 is 9.18 Å². The van der Waals surface area contributed by atoms with Crippen molar-refractivity contribution in [3.63, 3.8) is 0 Å². The number of nitrogens with zero attached hydrogens (tertiary/aromatic N) is 3. The minimum Gasteiger partial charge on any atom is -0.361 e.